The van der Waals surface area contributed by atoms with Crippen LogP contribution in [0, 0.1) is 11.8 Å². The van der Waals surface area contributed by atoms with Crippen molar-refractivity contribution >= 4 is 0 Å². The first-order chi connectivity index (χ1) is 6.24. The van der Waals surface area contributed by atoms with Crippen molar-refractivity contribution in [2.45, 2.75) is 26.7 Å². The zero-order valence-electron chi connectivity index (χ0n) is 9.34. The quantitative estimate of drug-likeness (QED) is 0.653. The third-order valence-corrected chi connectivity index (χ3v) is 3.15. The smallest absolute Gasteiger partial charge is 0.00126 e. The molecule has 1 aliphatic heterocycles. The first kappa shape index (κ1) is 11.0. The van der Waals surface area contributed by atoms with E-state index < -0.39 is 0 Å². The standard InChI is InChI=1S/C11H24N2/c1-10(2)11-5-8-13(9-11)7-4-6-12-3/h10-12H,4-9H2,1-3H3. The molecule has 2 nitrogen and oxygen atoms in total. The van der Waals surface area contributed by atoms with Crippen molar-refractivity contribution in [2.75, 3.05) is 33.2 Å². The summed E-state index contributed by atoms with van der Waals surface area (Å²) in [6.07, 6.45) is 2.71. The normalized spacial score (nSPS) is 24.5. The average Bonchev–Trinajstić information content (AvgIpc) is 2.53. The maximum Gasteiger partial charge on any atom is 0.00126 e. The molecule has 1 heterocycles. The van der Waals surface area contributed by atoms with Gasteiger partial charge in [-0.25, -0.2) is 0 Å². The van der Waals surface area contributed by atoms with Crippen LogP contribution in [0.4, 0.5) is 0 Å². The zero-order chi connectivity index (χ0) is 9.68. The Morgan fingerprint density at radius 1 is 1.46 bits per heavy atom. The molecular weight excluding hydrogens is 160 g/mol. The maximum absolute atomic E-state index is 3.20. The van der Waals surface area contributed by atoms with Gasteiger partial charge in [-0.2, -0.15) is 0 Å². The highest BCUT2D eigenvalue weighted by atomic mass is 15.1. The van der Waals surface area contributed by atoms with Gasteiger partial charge in [-0.1, -0.05) is 13.8 Å². The predicted octanol–water partition coefficient (Wildman–Crippen LogP) is 1.57. The number of likely N-dealkylation sites (tertiary alicyclic amines) is 1. The van der Waals surface area contributed by atoms with Crippen LogP contribution in [0.1, 0.15) is 26.7 Å². The van der Waals surface area contributed by atoms with E-state index in [4.69, 9.17) is 0 Å². The highest BCUT2D eigenvalue weighted by Gasteiger charge is 2.23. The maximum atomic E-state index is 3.20. The monoisotopic (exact) mass is 184 g/mol. The largest absolute Gasteiger partial charge is 0.320 e. The molecule has 0 aromatic heterocycles. The molecule has 1 atom stereocenters. The Labute approximate surface area is 82.7 Å². The average molecular weight is 184 g/mol. The Bertz CT molecular complexity index is 134. The van der Waals surface area contributed by atoms with Crippen molar-refractivity contribution < 1.29 is 0 Å². The summed E-state index contributed by atoms with van der Waals surface area (Å²) in [5.74, 6) is 1.82. The number of nitrogens with one attached hydrogen (secondary N) is 1. The summed E-state index contributed by atoms with van der Waals surface area (Å²) < 4.78 is 0. The van der Waals surface area contributed by atoms with Gasteiger partial charge < -0.3 is 10.2 Å². The lowest BCUT2D eigenvalue weighted by atomic mass is 9.95. The fourth-order valence-corrected chi connectivity index (χ4v) is 2.09. The molecule has 1 fully saturated rings. The molecule has 1 aliphatic rings. The number of nitrogens with zero attached hydrogens (tertiary/aromatic N) is 1. The van der Waals surface area contributed by atoms with Crippen LogP contribution in [-0.2, 0) is 0 Å². The fraction of sp³-hybridized carbons (Fsp3) is 1.00. The second kappa shape index (κ2) is 5.61. The van der Waals surface area contributed by atoms with Gasteiger partial charge in [-0.15, -0.1) is 0 Å². The second-order valence-electron chi connectivity index (χ2n) is 4.55. The Balaban J connectivity index is 2.10. The van der Waals surface area contributed by atoms with Crippen LogP contribution in [0.25, 0.3) is 0 Å². The van der Waals surface area contributed by atoms with Crippen LogP contribution in [0.15, 0.2) is 0 Å². The van der Waals surface area contributed by atoms with E-state index in [0.717, 1.165) is 18.4 Å². The van der Waals surface area contributed by atoms with E-state index in [9.17, 15) is 0 Å². The Hall–Kier alpha value is -0.0800. The molecule has 0 aromatic carbocycles. The van der Waals surface area contributed by atoms with Crippen LogP contribution in [-0.4, -0.2) is 38.1 Å². The summed E-state index contributed by atoms with van der Waals surface area (Å²) in [5.41, 5.74) is 0. The minimum Gasteiger partial charge on any atom is -0.320 e. The van der Waals surface area contributed by atoms with Crippen molar-refractivity contribution in [3.05, 3.63) is 0 Å². The van der Waals surface area contributed by atoms with Crippen molar-refractivity contribution in [1.29, 1.82) is 0 Å². The van der Waals surface area contributed by atoms with Crippen LogP contribution in [0.5, 0.6) is 0 Å². The SMILES string of the molecule is CNCCCN1CCC(C(C)C)C1. The third kappa shape index (κ3) is 3.65. The topological polar surface area (TPSA) is 15.3 Å². The molecule has 1 N–H and O–H groups in total. The molecule has 1 unspecified atom stereocenters. The number of hydrogen-bond donors (Lipinski definition) is 1. The first-order valence-corrected chi connectivity index (χ1v) is 5.61. The van der Waals surface area contributed by atoms with Crippen molar-refractivity contribution in [3.63, 3.8) is 0 Å². The zero-order valence-corrected chi connectivity index (χ0v) is 9.34. The van der Waals surface area contributed by atoms with Crippen LogP contribution < -0.4 is 5.32 Å². The highest BCUT2D eigenvalue weighted by molar-refractivity contribution is 4.77. The van der Waals surface area contributed by atoms with E-state index in [2.05, 4.69) is 24.1 Å². The number of rotatable bonds is 5. The highest BCUT2D eigenvalue weighted by Crippen LogP contribution is 2.23. The molecule has 0 radical (unpaired) electrons. The summed E-state index contributed by atoms with van der Waals surface area (Å²) in [5, 5.41) is 3.20. The Morgan fingerprint density at radius 3 is 2.77 bits per heavy atom. The summed E-state index contributed by atoms with van der Waals surface area (Å²) >= 11 is 0. The molecule has 13 heavy (non-hydrogen) atoms. The van der Waals surface area contributed by atoms with E-state index >= 15 is 0 Å². The van der Waals surface area contributed by atoms with Crippen LogP contribution >= 0.6 is 0 Å². The Kier molecular flexibility index (Phi) is 4.74. The van der Waals surface area contributed by atoms with Gasteiger partial charge in [0.15, 0.2) is 0 Å². The minimum atomic E-state index is 0.870. The van der Waals surface area contributed by atoms with E-state index in [-0.39, 0.29) is 0 Å². The summed E-state index contributed by atoms with van der Waals surface area (Å²) in [7, 11) is 2.03. The summed E-state index contributed by atoms with van der Waals surface area (Å²) in [6.45, 7) is 9.80. The van der Waals surface area contributed by atoms with Gasteiger partial charge >= 0.3 is 0 Å². The van der Waals surface area contributed by atoms with Gasteiger partial charge in [0.2, 0.25) is 0 Å². The number of hydrogen-bond acceptors (Lipinski definition) is 2. The molecule has 0 aromatic rings. The summed E-state index contributed by atoms with van der Waals surface area (Å²) in [6, 6.07) is 0. The van der Waals surface area contributed by atoms with Crippen LogP contribution in [0.3, 0.4) is 0 Å². The second-order valence-corrected chi connectivity index (χ2v) is 4.55. The van der Waals surface area contributed by atoms with Gasteiger partial charge in [-0.05, 0) is 51.4 Å². The lowest BCUT2D eigenvalue weighted by Crippen LogP contribution is -2.25. The lowest BCUT2D eigenvalue weighted by molar-refractivity contribution is 0.299. The van der Waals surface area contributed by atoms with E-state index in [1.54, 1.807) is 0 Å². The minimum absolute atomic E-state index is 0.870. The molecule has 1 rings (SSSR count). The molecule has 0 spiro atoms. The molecule has 1 saturated heterocycles. The fourth-order valence-electron chi connectivity index (χ4n) is 2.09. The van der Waals surface area contributed by atoms with Crippen LogP contribution in [0.2, 0.25) is 0 Å². The molecule has 0 aliphatic carbocycles. The van der Waals surface area contributed by atoms with E-state index in [1.807, 2.05) is 7.05 Å². The lowest BCUT2D eigenvalue weighted by Gasteiger charge is -2.17. The van der Waals surface area contributed by atoms with Gasteiger partial charge in [0.05, 0.1) is 0 Å². The van der Waals surface area contributed by atoms with Crippen molar-refractivity contribution in [1.82, 2.24) is 10.2 Å². The van der Waals surface area contributed by atoms with Crippen molar-refractivity contribution in [2.24, 2.45) is 11.8 Å². The molecule has 78 valence electrons. The molecule has 0 saturated carbocycles. The van der Waals surface area contributed by atoms with Gasteiger partial charge in [-0.3, -0.25) is 0 Å². The van der Waals surface area contributed by atoms with E-state index in [1.165, 1.54) is 32.5 Å². The first-order valence-electron chi connectivity index (χ1n) is 5.61. The molecule has 2 heteroatoms. The molecule has 0 amide bonds. The van der Waals surface area contributed by atoms with Crippen molar-refractivity contribution in [3.8, 4) is 0 Å². The third-order valence-electron chi connectivity index (χ3n) is 3.15. The summed E-state index contributed by atoms with van der Waals surface area (Å²) in [4.78, 5) is 2.61. The van der Waals surface area contributed by atoms with Gasteiger partial charge in [0, 0.05) is 6.54 Å². The Morgan fingerprint density at radius 2 is 2.23 bits per heavy atom. The molecular formula is C11H24N2. The predicted molar refractivity (Wildman–Crippen MR) is 57.9 cm³/mol. The van der Waals surface area contributed by atoms with E-state index in [0.29, 0.717) is 0 Å². The van der Waals surface area contributed by atoms with Gasteiger partial charge in [0.25, 0.3) is 0 Å². The molecule has 0 bridgehead atoms. The van der Waals surface area contributed by atoms with Gasteiger partial charge in [0.1, 0.15) is 0 Å².